The summed E-state index contributed by atoms with van der Waals surface area (Å²) in [5.41, 5.74) is 5.10. The number of alkyl halides is 3. The molecule has 0 aliphatic heterocycles. The zero-order chi connectivity index (χ0) is 15.8. The summed E-state index contributed by atoms with van der Waals surface area (Å²) < 4.78 is 36.8. The number of rotatable bonds is 7. The molecule has 0 radical (unpaired) electrons. The SMILES string of the molecule is C=CSC(=NC)C(O)C(CCC(F)(F)F)NC(=O)CN. The number of nitrogens with one attached hydrogen (secondary N) is 1. The van der Waals surface area contributed by atoms with Gasteiger partial charge in [0.2, 0.25) is 5.91 Å². The van der Waals surface area contributed by atoms with Gasteiger partial charge in [-0.15, -0.1) is 0 Å². The van der Waals surface area contributed by atoms with Crippen molar-refractivity contribution < 1.29 is 23.1 Å². The van der Waals surface area contributed by atoms with Gasteiger partial charge in [0.25, 0.3) is 0 Å². The molecule has 0 bridgehead atoms. The molecule has 0 heterocycles. The lowest BCUT2D eigenvalue weighted by Gasteiger charge is -2.25. The lowest BCUT2D eigenvalue weighted by molar-refractivity contribution is -0.139. The van der Waals surface area contributed by atoms with Gasteiger partial charge >= 0.3 is 6.18 Å². The van der Waals surface area contributed by atoms with E-state index in [2.05, 4.69) is 16.9 Å². The van der Waals surface area contributed by atoms with Crippen molar-refractivity contribution in [3.05, 3.63) is 12.0 Å². The Labute approximate surface area is 119 Å². The molecule has 4 N–H and O–H groups in total. The molecule has 2 unspecified atom stereocenters. The third-order valence-electron chi connectivity index (χ3n) is 2.33. The number of amides is 1. The highest BCUT2D eigenvalue weighted by Crippen LogP contribution is 2.24. The molecule has 5 nitrogen and oxygen atoms in total. The van der Waals surface area contributed by atoms with E-state index in [9.17, 15) is 23.1 Å². The number of thioether (sulfide) groups is 1. The van der Waals surface area contributed by atoms with Crippen LogP contribution in [0.15, 0.2) is 17.0 Å². The molecule has 0 fully saturated rings. The van der Waals surface area contributed by atoms with E-state index in [1.54, 1.807) is 0 Å². The van der Waals surface area contributed by atoms with Crippen LogP contribution < -0.4 is 11.1 Å². The largest absolute Gasteiger partial charge is 0.389 e. The average Bonchev–Trinajstić information content (AvgIpc) is 2.38. The first-order valence-corrected chi connectivity index (χ1v) is 6.61. The standard InChI is InChI=1S/C11H18F3N3O2S/c1-3-20-10(16-2)9(19)7(17-8(18)6-15)4-5-11(12,13)14/h3,7,9,19H,1,4-6,15H2,2H3,(H,17,18). The van der Waals surface area contributed by atoms with Crippen LogP contribution in [0.2, 0.25) is 0 Å². The molecule has 0 saturated carbocycles. The van der Waals surface area contributed by atoms with Crippen molar-refractivity contribution in [2.24, 2.45) is 10.7 Å². The van der Waals surface area contributed by atoms with Gasteiger partial charge in [0.05, 0.1) is 12.6 Å². The van der Waals surface area contributed by atoms with E-state index in [1.807, 2.05) is 0 Å². The van der Waals surface area contributed by atoms with Crippen LogP contribution in [0, 0.1) is 0 Å². The fourth-order valence-corrected chi connectivity index (χ4v) is 1.99. The smallest absolute Gasteiger partial charge is 0.384 e. The van der Waals surface area contributed by atoms with E-state index in [4.69, 9.17) is 5.73 Å². The number of aliphatic hydroxyl groups is 1. The maximum atomic E-state index is 12.3. The maximum Gasteiger partial charge on any atom is 0.389 e. The molecule has 9 heteroatoms. The molecule has 0 aliphatic rings. The quantitative estimate of drug-likeness (QED) is 0.484. The van der Waals surface area contributed by atoms with Crippen molar-refractivity contribution in [3.8, 4) is 0 Å². The van der Waals surface area contributed by atoms with E-state index < -0.39 is 37.1 Å². The first-order valence-electron chi connectivity index (χ1n) is 5.73. The van der Waals surface area contributed by atoms with Gasteiger partial charge in [-0.3, -0.25) is 9.79 Å². The van der Waals surface area contributed by atoms with Gasteiger partial charge in [0.1, 0.15) is 11.1 Å². The molecular weight excluding hydrogens is 295 g/mol. The summed E-state index contributed by atoms with van der Waals surface area (Å²) in [5, 5.41) is 13.8. The number of aliphatic hydroxyl groups excluding tert-OH is 1. The summed E-state index contributed by atoms with van der Waals surface area (Å²) >= 11 is 0.981. The van der Waals surface area contributed by atoms with Crippen LogP contribution in [-0.4, -0.2) is 48.0 Å². The second kappa shape index (κ2) is 8.98. The number of aliphatic imine (C=N–C) groups is 1. The van der Waals surface area contributed by atoms with Gasteiger partial charge in [0, 0.05) is 13.5 Å². The van der Waals surface area contributed by atoms with Gasteiger partial charge < -0.3 is 16.2 Å². The van der Waals surface area contributed by atoms with Crippen LogP contribution in [0.4, 0.5) is 13.2 Å². The molecule has 0 saturated heterocycles. The van der Waals surface area contributed by atoms with Crippen molar-refractivity contribution in [1.82, 2.24) is 5.32 Å². The van der Waals surface area contributed by atoms with Crippen LogP contribution in [0.5, 0.6) is 0 Å². The minimum Gasteiger partial charge on any atom is -0.384 e. The van der Waals surface area contributed by atoms with Gasteiger partial charge in [-0.1, -0.05) is 18.3 Å². The molecule has 0 aromatic carbocycles. The molecule has 0 spiro atoms. The number of nitrogens with zero attached hydrogens (tertiary/aromatic N) is 1. The summed E-state index contributed by atoms with van der Waals surface area (Å²) in [4.78, 5) is 15.0. The molecule has 0 aromatic rings. The topological polar surface area (TPSA) is 87.7 Å². The van der Waals surface area contributed by atoms with Crippen molar-refractivity contribution in [1.29, 1.82) is 0 Å². The third kappa shape index (κ3) is 7.51. The van der Waals surface area contributed by atoms with Crippen molar-refractivity contribution in [3.63, 3.8) is 0 Å². The third-order valence-corrected chi connectivity index (χ3v) is 3.16. The number of carbonyl (C=O) groups is 1. The fourth-order valence-electron chi connectivity index (χ4n) is 1.41. The summed E-state index contributed by atoms with van der Waals surface area (Å²) in [7, 11) is 1.39. The Balaban J connectivity index is 4.89. The first-order chi connectivity index (χ1) is 9.25. The second-order valence-electron chi connectivity index (χ2n) is 3.82. The summed E-state index contributed by atoms with van der Waals surface area (Å²) in [6.07, 6.45) is -7.32. The summed E-state index contributed by atoms with van der Waals surface area (Å²) in [6.45, 7) is 3.06. The summed E-state index contributed by atoms with van der Waals surface area (Å²) in [6, 6.07) is -1.11. The Kier molecular flexibility index (Phi) is 8.51. The van der Waals surface area contributed by atoms with E-state index in [-0.39, 0.29) is 11.6 Å². The zero-order valence-corrected chi connectivity index (χ0v) is 11.8. The molecule has 116 valence electrons. The predicted molar refractivity (Wildman–Crippen MR) is 73.4 cm³/mol. The second-order valence-corrected chi connectivity index (χ2v) is 4.81. The Morgan fingerprint density at radius 3 is 2.60 bits per heavy atom. The summed E-state index contributed by atoms with van der Waals surface area (Å²) in [5.74, 6) is -0.643. The molecule has 20 heavy (non-hydrogen) atoms. The number of nitrogens with two attached hydrogens (primary N) is 1. The lowest BCUT2D eigenvalue weighted by Crippen LogP contribution is -2.48. The van der Waals surface area contributed by atoms with Gasteiger partial charge in [-0.25, -0.2) is 0 Å². The molecule has 0 rings (SSSR count). The van der Waals surface area contributed by atoms with Gasteiger partial charge in [-0.2, -0.15) is 13.2 Å². The number of halogens is 3. The van der Waals surface area contributed by atoms with Gasteiger partial charge in [0.15, 0.2) is 0 Å². The van der Waals surface area contributed by atoms with E-state index >= 15 is 0 Å². The average molecular weight is 313 g/mol. The van der Waals surface area contributed by atoms with Crippen LogP contribution >= 0.6 is 11.8 Å². The molecule has 0 aliphatic carbocycles. The highest BCUT2D eigenvalue weighted by molar-refractivity contribution is 8.16. The van der Waals surface area contributed by atoms with Crippen LogP contribution in [0.1, 0.15) is 12.8 Å². The molecular formula is C11H18F3N3O2S. The fraction of sp³-hybridized carbons (Fsp3) is 0.636. The van der Waals surface area contributed by atoms with E-state index in [1.165, 1.54) is 12.5 Å². The Morgan fingerprint density at radius 1 is 1.60 bits per heavy atom. The molecule has 1 amide bonds. The minimum absolute atomic E-state index is 0.171. The number of hydrogen-bond donors (Lipinski definition) is 3. The van der Waals surface area contributed by atoms with Crippen molar-refractivity contribution in [2.45, 2.75) is 31.2 Å². The first kappa shape index (κ1) is 18.9. The van der Waals surface area contributed by atoms with Crippen LogP contribution in [0.3, 0.4) is 0 Å². The van der Waals surface area contributed by atoms with Crippen LogP contribution in [0.25, 0.3) is 0 Å². The minimum atomic E-state index is -4.37. The Hall–Kier alpha value is -1.06. The molecule has 2 atom stereocenters. The lowest BCUT2D eigenvalue weighted by atomic mass is 10.1. The Bertz CT molecular complexity index is 361. The Morgan fingerprint density at radius 2 is 2.20 bits per heavy atom. The highest BCUT2D eigenvalue weighted by Gasteiger charge is 2.32. The maximum absolute atomic E-state index is 12.3. The monoisotopic (exact) mass is 313 g/mol. The number of carbonyl (C=O) groups excluding carboxylic acids is 1. The van der Waals surface area contributed by atoms with E-state index in [0.29, 0.717) is 0 Å². The van der Waals surface area contributed by atoms with Crippen molar-refractivity contribution in [2.75, 3.05) is 13.6 Å². The predicted octanol–water partition coefficient (Wildman–Crippen LogP) is 1.04. The van der Waals surface area contributed by atoms with Crippen molar-refractivity contribution >= 4 is 22.7 Å². The van der Waals surface area contributed by atoms with E-state index in [0.717, 1.165) is 11.8 Å². The normalized spacial score (nSPS) is 15.6. The van der Waals surface area contributed by atoms with Crippen LogP contribution in [-0.2, 0) is 4.79 Å². The molecule has 0 aromatic heterocycles. The highest BCUT2D eigenvalue weighted by atomic mass is 32.2. The zero-order valence-electron chi connectivity index (χ0n) is 11.0. The number of hydrogen-bond acceptors (Lipinski definition) is 5. The van der Waals surface area contributed by atoms with Gasteiger partial charge in [-0.05, 0) is 11.8 Å².